The van der Waals surface area contributed by atoms with Gasteiger partial charge in [-0.05, 0) is 18.6 Å². The van der Waals surface area contributed by atoms with Gasteiger partial charge in [0, 0.05) is 17.1 Å². The minimum Gasteiger partial charge on any atom is -0.392 e. The highest BCUT2D eigenvalue weighted by molar-refractivity contribution is 5.86. The highest BCUT2D eigenvalue weighted by atomic mass is 19.1. The fourth-order valence-corrected chi connectivity index (χ4v) is 1.54. The first-order valence-electron chi connectivity index (χ1n) is 4.10. The lowest BCUT2D eigenvalue weighted by molar-refractivity contribution is 0.283. The van der Waals surface area contributed by atoms with E-state index >= 15 is 0 Å². The molecule has 0 aliphatic carbocycles. The number of aliphatic hydroxyl groups is 1. The second-order valence-corrected chi connectivity index (χ2v) is 3.09. The number of hydrogen-bond donors (Lipinski definition) is 2. The molecule has 3 heteroatoms. The number of rotatable bonds is 1. The second-order valence-electron chi connectivity index (χ2n) is 3.09. The van der Waals surface area contributed by atoms with E-state index in [-0.39, 0.29) is 12.4 Å². The molecule has 0 radical (unpaired) electrons. The van der Waals surface area contributed by atoms with Gasteiger partial charge in [0.25, 0.3) is 0 Å². The number of fused-ring (bicyclic) bond motifs is 1. The zero-order valence-electron chi connectivity index (χ0n) is 7.26. The van der Waals surface area contributed by atoms with E-state index in [0.717, 1.165) is 11.1 Å². The molecular formula is C10H10FNO. The van der Waals surface area contributed by atoms with E-state index in [1.54, 1.807) is 12.3 Å². The zero-order chi connectivity index (χ0) is 9.42. The van der Waals surface area contributed by atoms with Crippen molar-refractivity contribution >= 4 is 10.9 Å². The standard InChI is InChI=1S/C10H10FNO/c1-6-2-3-8(11)9-7(5-13)4-12-10(6)9/h2-4,12-13H,5H2,1H3. The van der Waals surface area contributed by atoms with Gasteiger partial charge < -0.3 is 10.1 Å². The van der Waals surface area contributed by atoms with Gasteiger partial charge in [-0.15, -0.1) is 0 Å². The summed E-state index contributed by atoms with van der Waals surface area (Å²) in [5.41, 5.74) is 2.36. The molecule has 0 saturated heterocycles. The van der Waals surface area contributed by atoms with Crippen LogP contribution >= 0.6 is 0 Å². The maximum atomic E-state index is 13.3. The molecule has 13 heavy (non-hydrogen) atoms. The Kier molecular flexibility index (Phi) is 1.81. The molecule has 2 nitrogen and oxygen atoms in total. The number of aromatic amines is 1. The Morgan fingerprint density at radius 1 is 1.46 bits per heavy atom. The highest BCUT2D eigenvalue weighted by Gasteiger charge is 2.09. The van der Waals surface area contributed by atoms with Crippen molar-refractivity contribution in [3.8, 4) is 0 Å². The van der Waals surface area contributed by atoms with Crippen molar-refractivity contribution in [2.75, 3.05) is 0 Å². The monoisotopic (exact) mass is 179 g/mol. The Hall–Kier alpha value is -1.35. The van der Waals surface area contributed by atoms with Gasteiger partial charge >= 0.3 is 0 Å². The van der Waals surface area contributed by atoms with Crippen LogP contribution in [0.3, 0.4) is 0 Å². The van der Waals surface area contributed by atoms with Crippen LogP contribution in [0.5, 0.6) is 0 Å². The first-order valence-corrected chi connectivity index (χ1v) is 4.10. The fraction of sp³-hybridized carbons (Fsp3) is 0.200. The number of hydrogen-bond acceptors (Lipinski definition) is 1. The van der Waals surface area contributed by atoms with Crippen molar-refractivity contribution in [2.45, 2.75) is 13.5 Å². The molecule has 0 atom stereocenters. The van der Waals surface area contributed by atoms with Crippen molar-refractivity contribution in [1.29, 1.82) is 0 Å². The second kappa shape index (κ2) is 2.85. The van der Waals surface area contributed by atoms with Gasteiger partial charge in [-0.3, -0.25) is 0 Å². The van der Waals surface area contributed by atoms with Crippen LogP contribution in [-0.2, 0) is 6.61 Å². The van der Waals surface area contributed by atoms with Crippen molar-refractivity contribution in [3.05, 3.63) is 35.3 Å². The van der Waals surface area contributed by atoms with E-state index in [1.807, 2.05) is 6.92 Å². The smallest absolute Gasteiger partial charge is 0.132 e. The SMILES string of the molecule is Cc1ccc(F)c2c(CO)c[nH]c12. The Balaban J connectivity index is 2.87. The predicted molar refractivity (Wildman–Crippen MR) is 48.9 cm³/mol. The average Bonchev–Trinajstić information content (AvgIpc) is 2.56. The van der Waals surface area contributed by atoms with E-state index in [9.17, 15) is 4.39 Å². The molecule has 0 amide bonds. The van der Waals surface area contributed by atoms with Gasteiger partial charge in [-0.2, -0.15) is 0 Å². The normalized spacial score (nSPS) is 11.0. The lowest BCUT2D eigenvalue weighted by Crippen LogP contribution is -1.84. The summed E-state index contributed by atoms with van der Waals surface area (Å²) in [6, 6.07) is 3.14. The summed E-state index contributed by atoms with van der Waals surface area (Å²) in [7, 11) is 0. The summed E-state index contributed by atoms with van der Waals surface area (Å²) in [6.45, 7) is 1.76. The van der Waals surface area contributed by atoms with E-state index < -0.39 is 0 Å². The number of aromatic nitrogens is 1. The van der Waals surface area contributed by atoms with Gasteiger partial charge in [0.05, 0.1) is 12.1 Å². The third-order valence-electron chi connectivity index (χ3n) is 2.25. The van der Waals surface area contributed by atoms with Gasteiger partial charge in [0.15, 0.2) is 0 Å². The molecule has 1 aromatic heterocycles. The van der Waals surface area contributed by atoms with Gasteiger partial charge in [0.2, 0.25) is 0 Å². The summed E-state index contributed by atoms with van der Waals surface area (Å²) >= 11 is 0. The number of aliphatic hydroxyl groups excluding tert-OH is 1. The van der Waals surface area contributed by atoms with Crippen LogP contribution in [0.15, 0.2) is 18.3 Å². The van der Waals surface area contributed by atoms with E-state index in [4.69, 9.17) is 5.11 Å². The maximum Gasteiger partial charge on any atom is 0.132 e. The molecule has 2 N–H and O–H groups in total. The van der Waals surface area contributed by atoms with E-state index in [0.29, 0.717) is 10.9 Å². The third-order valence-corrected chi connectivity index (χ3v) is 2.25. The Morgan fingerprint density at radius 3 is 2.92 bits per heavy atom. The number of H-pyrrole nitrogens is 1. The van der Waals surface area contributed by atoms with Crippen LogP contribution < -0.4 is 0 Å². The number of nitrogens with one attached hydrogen (secondary N) is 1. The molecule has 2 aromatic rings. The van der Waals surface area contributed by atoms with Crippen LogP contribution in [0.4, 0.5) is 4.39 Å². The molecule has 0 unspecified atom stereocenters. The Bertz CT molecular complexity index is 447. The summed E-state index contributed by atoms with van der Waals surface area (Å²) < 4.78 is 13.3. The molecule has 68 valence electrons. The van der Waals surface area contributed by atoms with Crippen LogP contribution in [0.2, 0.25) is 0 Å². The molecule has 0 saturated carbocycles. The summed E-state index contributed by atoms with van der Waals surface area (Å²) in [6.07, 6.45) is 1.64. The van der Waals surface area contributed by atoms with Crippen LogP contribution in [0, 0.1) is 12.7 Å². The molecule has 0 aliphatic rings. The lowest BCUT2D eigenvalue weighted by atomic mass is 10.1. The first-order chi connectivity index (χ1) is 6.24. The maximum absolute atomic E-state index is 13.3. The first kappa shape index (κ1) is 8.26. The summed E-state index contributed by atoms with van der Waals surface area (Å²) in [5.74, 6) is -0.286. The van der Waals surface area contributed by atoms with Gasteiger partial charge in [-0.1, -0.05) is 6.07 Å². The van der Waals surface area contributed by atoms with E-state index in [1.165, 1.54) is 6.07 Å². The van der Waals surface area contributed by atoms with Crippen LogP contribution in [0.25, 0.3) is 10.9 Å². The fourth-order valence-electron chi connectivity index (χ4n) is 1.54. The number of halogens is 1. The molecule has 0 spiro atoms. The van der Waals surface area contributed by atoms with Crippen LogP contribution in [0.1, 0.15) is 11.1 Å². The minimum absolute atomic E-state index is 0.139. The molecule has 0 bridgehead atoms. The summed E-state index contributed by atoms with van der Waals surface area (Å²) in [5, 5.41) is 9.46. The third kappa shape index (κ3) is 1.12. The quantitative estimate of drug-likeness (QED) is 0.691. The zero-order valence-corrected chi connectivity index (χ0v) is 7.26. The molecule has 1 heterocycles. The molecule has 1 aromatic carbocycles. The van der Waals surface area contributed by atoms with Crippen molar-refractivity contribution in [1.82, 2.24) is 4.98 Å². The Labute approximate surface area is 75.0 Å². The Morgan fingerprint density at radius 2 is 2.23 bits per heavy atom. The highest BCUT2D eigenvalue weighted by Crippen LogP contribution is 2.24. The topological polar surface area (TPSA) is 36.0 Å². The lowest BCUT2D eigenvalue weighted by Gasteiger charge is -1.98. The minimum atomic E-state index is -0.286. The van der Waals surface area contributed by atoms with Gasteiger partial charge in [0.1, 0.15) is 5.82 Å². The molecule has 0 aliphatic heterocycles. The van der Waals surface area contributed by atoms with Crippen molar-refractivity contribution < 1.29 is 9.50 Å². The van der Waals surface area contributed by atoms with Crippen LogP contribution in [-0.4, -0.2) is 10.1 Å². The van der Waals surface area contributed by atoms with Crippen molar-refractivity contribution in [3.63, 3.8) is 0 Å². The molecule has 0 fully saturated rings. The number of benzene rings is 1. The largest absolute Gasteiger partial charge is 0.392 e. The average molecular weight is 179 g/mol. The van der Waals surface area contributed by atoms with Gasteiger partial charge in [-0.25, -0.2) is 4.39 Å². The number of aryl methyl sites for hydroxylation is 1. The predicted octanol–water partition coefficient (Wildman–Crippen LogP) is 2.11. The molecular weight excluding hydrogens is 169 g/mol. The molecule has 2 rings (SSSR count). The van der Waals surface area contributed by atoms with Crippen molar-refractivity contribution in [2.24, 2.45) is 0 Å². The van der Waals surface area contributed by atoms with E-state index in [2.05, 4.69) is 4.98 Å². The summed E-state index contributed by atoms with van der Waals surface area (Å²) in [4.78, 5) is 2.95.